The highest BCUT2D eigenvalue weighted by atomic mass is 16.5. The largest absolute Gasteiger partial charge is 0.508 e. The maximum atomic E-state index is 12.6. The van der Waals surface area contributed by atoms with Gasteiger partial charge in [-0.3, -0.25) is 14.4 Å². The van der Waals surface area contributed by atoms with E-state index in [0.717, 1.165) is 5.56 Å². The number of carbonyl (C=O) groups excluding carboxylic acids is 4. The third-order valence-electron chi connectivity index (χ3n) is 4.41. The molecule has 160 valence electrons. The maximum absolute atomic E-state index is 12.6. The number of hydrogen-bond acceptors (Lipinski definition) is 6. The first kappa shape index (κ1) is 24.1. The van der Waals surface area contributed by atoms with Crippen molar-refractivity contribution >= 4 is 24.1 Å². The second-order valence-corrected chi connectivity index (χ2v) is 7.19. The molecule has 0 aliphatic carbocycles. The van der Waals surface area contributed by atoms with Crippen LogP contribution in [0.2, 0.25) is 0 Å². The molecule has 1 rings (SSSR count). The van der Waals surface area contributed by atoms with E-state index in [1.807, 2.05) is 0 Å². The Labute approximate surface area is 171 Å². The summed E-state index contributed by atoms with van der Waals surface area (Å²) in [6, 6.07) is 4.85. The number of carbonyl (C=O) groups is 4. The Hall–Kier alpha value is -2.90. The minimum Gasteiger partial charge on any atom is -0.508 e. The van der Waals surface area contributed by atoms with E-state index in [2.05, 4.69) is 15.4 Å². The summed E-state index contributed by atoms with van der Waals surface area (Å²) in [5.74, 6) is -1.09. The fraction of sp³-hybridized carbons (Fsp3) is 0.524. The van der Waals surface area contributed by atoms with E-state index in [-0.39, 0.29) is 42.8 Å². The molecule has 29 heavy (non-hydrogen) atoms. The number of rotatable bonds is 12. The number of methoxy groups -OCH3 is 1. The molecule has 3 N–H and O–H groups in total. The van der Waals surface area contributed by atoms with E-state index in [0.29, 0.717) is 19.1 Å². The van der Waals surface area contributed by atoms with Crippen molar-refractivity contribution in [3.63, 3.8) is 0 Å². The van der Waals surface area contributed by atoms with Crippen molar-refractivity contribution in [1.29, 1.82) is 0 Å². The molecule has 8 heteroatoms. The van der Waals surface area contributed by atoms with Gasteiger partial charge >= 0.3 is 5.97 Å². The van der Waals surface area contributed by atoms with Gasteiger partial charge in [-0.2, -0.15) is 0 Å². The van der Waals surface area contributed by atoms with Gasteiger partial charge in [0.2, 0.25) is 11.8 Å². The van der Waals surface area contributed by atoms with E-state index in [1.54, 1.807) is 26.0 Å². The third kappa shape index (κ3) is 9.23. The SMILES string of the molecule is COC(=O)CCCCC(=O)N[C@H](C(=O)NC(C=O)Cc1ccc(O)cc1)C(C)C. The minimum absolute atomic E-state index is 0.120. The van der Waals surface area contributed by atoms with Crippen molar-refractivity contribution in [3.05, 3.63) is 29.8 Å². The molecule has 1 aromatic rings. The van der Waals surface area contributed by atoms with Gasteiger partial charge in [0, 0.05) is 12.8 Å². The molecule has 2 amide bonds. The van der Waals surface area contributed by atoms with Gasteiger partial charge in [0.05, 0.1) is 13.2 Å². The van der Waals surface area contributed by atoms with Crippen LogP contribution in [0.15, 0.2) is 24.3 Å². The molecule has 0 fully saturated rings. The Morgan fingerprint density at radius 3 is 2.24 bits per heavy atom. The van der Waals surface area contributed by atoms with Crippen LogP contribution in [0, 0.1) is 5.92 Å². The number of phenolic OH excluding ortho intramolecular Hbond substituents is 1. The number of amides is 2. The fourth-order valence-corrected chi connectivity index (χ4v) is 2.73. The Kier molecular flexibility index (Phi) is 10.4. The van der Waals surface area contributed by atoms with Crippen molar-refractivity contribution < 1.29 is 29.0 Å². The Bertz CT molecular complexity index is 687. The smallest absolute Gasteiger partial charge is 0.305 e. The lowest BCUT2D eigenvalue weighted by atomic mass is 10.0. The van der Waals surface area contributed by atoms with Crippen LogP contribution in [0.1, 0.15) is 45.1 Å². The molecule has 0 aliphatic rings. The first-order chi connectivity index (χ1) is 13.8. The minimum atomic E-state index is -0.773. The Balaban J connectivity index is 2.56. The zero-order chi connectivity index (χ0) is 21.8. The maximum Gasteiger partial charge on any atom is 0.305 e. The van der Waals surface area contributed by atoms with Gasteiger partial charge in [0.25, 0.3) is 0 Å². The average molecular weight is 406 g/mol. The van der Waals surface area contributed by atoms with Crippen molar-refractivity contribution in [2.24, 2.45) is 5.92 Å². The van der Waals surface area contributed by atoms with Gasteiger partial charge < -0.3 is 25.3 Å². The lowest BCUT2D eigenvalue weighted by molar-refractivity contribution is -0.140. The summed E-state index contributed by atoms with van der Waals surface area (Å²) >= 11 is 0. The Morgan fingerprint density at radius 2 is 1.69 bits per heavy atom. The molecule has 0 saturated heterocycles. The quantitative estimate of drug-likeness (QED) is 0.275. The summed E-state index contributed by atoms with van der Waals surface area (Å²) in [4.78, 5) is 47.2. The van der Waals surface area contributed by atoms with Gasteiger partial charge in [-0.05, 0) is 42.9 Å². The summed E-state index contributed by atoms with van der Waals surface area (Å²) in [6.07, 6.45) is 2.40. The lowest BCUT2D eigenvalue weighted by Gasteiger charge is -2.23. The summed E-state index contributed by atoms with van der Waals surface area (Å²) in [7, 11) is 1.31. The van der Waals surface area contributed by atoms with Crippen molar-refractivity contribution in [2.75, 3.05) is 7.11 Å². The van der Waals surface area contributed by atoms with Crippen LogP contribution in [0.25, 0.3) is 0 Å². The van der Waals surface area contributed by atoms with Crippen molar-refractivity contribution in [2.45, 2.75) is 58.0 Å². The Morgan fingerprint density at radius 1 is 1.07 bits per heavy atom. The van der Waals surface area contributed by atoms with Crippen LogP contribution in [-0.2, 0) is 30.3 Å². The molecule has 0 saturated carbocycles. The molecule has 0 spiro atoms. The number of aromatic hydroxyl groups is 1. The first-order valence-electron chi connectivity index (χ1n) is 9.66. The van der Waals surface area contributed by atoms with E-state index in [1.165, 1.54) is 19.2 Å². The fourth-order valence-electron chi connectivity index (χ4n) is 2.73. The van der Waals surface area contributed by atoms with Crippen LogP contribution >= 0.6 is 0 Å². The van der Waals surface area contributed by atoms with Gasteiger partial charge in [0.15, 0.2) is 0 Å². The average Bonchev–Trinajstić information content (AvgIpc) is 2.69. The number of unbranched alkanes of at least 4 members (excludes halogenated alkanes) is 1. The predicted molar refractivity (Wildman–Crippen MR) is 107 cm³/mol. The second kappa shape index (κ2) is 12.5. The van der Waals surface area contributed by atoms with Crippen LogP contribution in [-0.4, -0.2) is 48.4 Å². The monoisotopic (exact) mass is 406 g/mol. The van der Waals surface area contributed by atoms with Crippen molar-refractivity contribution in [1.82, 2.24) is 10.6 Å². The molecule has 1 aromatic carbocycles. The second-order valence-electron chi connectivity index (χ2n) is 7.19. The third-order valence-corrected chi connectivity index (χ3v) is 4.41. The van der Waals surface area contributed by atoms with Gasteiger partial charge in [0.1, 0.15) is 18.1 Å². The summed E-state index contributed by atoms with van der Waals surface area (Å²) < 4.78 is 4.55. The predicted octanol–water partition coefficient (Wildman–Crippen LogP) is 1.49. The van der Waals surface area contributed by atoms with Gasteiger partial charge in [-0.15, -0.1) is 0 Å². The molecule has 0 radical (unpaired) electrons. The zero-order valence-corrected chi connectivity index (χ0v) is 17.1. The zero-order valence-electron chi connectivity index (χ0n) is 17.1. The molecular weight excluding hydrogens is 376 g/mol. The standard InChI is InChI=1S/C21H30N2O6/c1-14(2)20(23-18(26)6-4-5-7-19(27)29-3)21(28)22-16(13-24)12-15-8-10-17(25)11-9-15/h8-11,13-14,16,20,25H,4-7,12H2,1-3H3,(H,22,28)(H,23,26)/t16?,20-/m0/s1. The van der Waals surface area contributed by atoms with Gasteiger partial charge in [-0.1, -0.05) is 26.0 Å². The van der Waals surface area contributed by atoms with Gasteiger partial charge in [-0.25, -0.2) is 0 Å². The highest BCUT2D eigenvalue weighted by Crippen LogP contribution is 2.11. The highest BCUT2D eigenvalue weighted by Gasteiger charge is 2.26. The molecule has 0 aromatic heterocycles. The number of esters is 1. The molecular formula is C21H30N2O6. The normalized spacial score (nSPS) is 12.7. The number of hydrogen-bond donors (Lipinski definition) is 3. The molecule has 8 nitrogen and oxygen atoms in total. The molecule has 0 heterocycles. The topological polar surface area (TPSA) is 122 Å². The van der Waals surface area contributed by atoms with E-state index in [4.69, 9.17) is 0 Å². The van der Waals surface area contributed by atoms with E-state index in [9.17, 15) is 24.3 Å². The number of benzene rings is 1. The summed E-state index contributed by atoms with van der Waals surface area (Å²) in [6.45, 7) is 3.61. The molecule has 1 unspecified atom stereocenters. The molecule has 2 atom stereocenters. The van der Waals surface area contributed by atoms with Crippen LogP contribution in [0.4, 0.5) is 0 Å². The number of nitrogens with one attached hydrogen (secondary N) is 2. The van der Waals surface area contributed by atoms with E-state index >= 15 is 0 Å². The number of aldehydes is 1. The first-order valence-corrected chi connectivity index (χ1v) is 9.66. The lowest BCUT2D eigenvalue weighted by Crippen LogP contribution is -2.52. The van der Waals surface area contributed by atoms with E-state index < -0.39 is 18.0 Å². The molecule has 0 aliphatic heterocycles. The van der Waals surface area contributed by atoms with Crippen LogP contribution in [0.3, 0.4) is 0 Å². The van der Waals surface area contributed by atoms with Crippen LogP contribution < -0.4 is 10.6 Å². The highest BCUT2D eigenvalue weighted by molar-refractivity contribution is 5.89. The summed E-state index contributed by atoms with van der Waals surface area (Å²) in [5.41, 5.74) is 0.788. The van der Waals surface area contributed by atoms with Crippen molar-refractivity contribution in [3.8, 4) is 5.75 Å². The van der Waals surface area contributed by atoms with Crippen LogP contribution in [0.5, 0.6) is 5.75 Å². The number of ether oxygens (including phenoxy) is 1. The molecule has 0 bridgehead atoms. The summed E-state index contributed by atoms with van der Waals surface area (Å²) in [5, 5.41) is 14.7. The number of phenols is 1.